The lowest BCUT2D eigenvalue weighted by molar-refractivity contribution is 0.694. The molecule has 0 unspecified atom stereocenters. The van der Waals surface area contributed by atoms with Gasteiger partial charge in [0.2, 0.25) is 0 Å². The largest absolute Gasteiger partial charge is 0.399 e. The summed E-state index contributed by atoms with van der Waals surface area (Å²) in [7, 11) is 0. The van der Waals surface area contributed by atoms with Crippen molar-refractivity contribution >= 4 is 33.6 Å². The van der Waals surface area contributed by atoms with E-state index in [4.69, 9.17) is 11.5 Å². The van der Waals surface area contributed by atoms with Crippen LogP contribution in [0, 0.1) is 6.92 Å². The Hall–Kier alpha value is -3.84. The van der Waals surface area contributed by atoms with Crippen molar-refractivity contribution in [2.24, 2.45) is 0 Å². The molecule has 0 saturated heterocycles. The number of nitrogens with one attached hydrogen (secondary N) is 3. The number of aryl methyl sites for hydroxylation is 1. The number of nitrogen functional groups attached to an aromatic ring is 2. The third-order valence-corrected chi connectivity index (χ3v) is 5.21. The van der Waals surface area contributed by atoms with Crippen molar-refractivity contribution in [2.75, 3.05) is 11.5 Å². The second-order valence-electron chi connectivity index (χ2n) is 7.57. The molecule has 0 aliphatic carbocycles. The summed E-state index contributed by atoms with van der Waals surface area (Å²) in [5.41, 5.74) is 19.5. The van der Waals surface area contributed by atoms with Crippen molar-refractivity contribution in [3.8, 4) is 11.3 Å². The van der Waals surface area contributed by atoms with Crippen LogP contribution < -0.4 is 16.8 Å². The molecule has 2 aromatic carbocycles. The summed E-state index contributed by atoms with van der Waals surface area (Å²) in [5.74, 6) is 1.27. The van der Waals surface area contributed by atoms with E-state index in [1.807, 2.05) is 37.3 Å². The lowest BCUT2D eigenvalue weighted by Gasteiger charge is -2.06. The number of imidazole rings is 1. The van der Waals surface area contributed by atoms with Gasteiger partial charge in [-0.25, -0.2) is 9.97 Å². The number of nitrogens with two attached hydrogens (primary N) is 2. The van der Waals surface area contributed by atoms with Crippen LogP contribution in [0.1, 0.15) is 17.0 Å². The van der Waals surface area contributed by atoms with Crippen LogP contribution in [0.2, 0.25) is 0 Å². The number of fused-ring (bicyclic) bond motifs is 2. The number of pyridine rings is 1. The number of aromatic nitrogens is 4. The van der Waals surface area contributed by atoms with Gasteiger partial charge in [0.1, 0.15) is 11.6 Å². The molecule has 0 fully saturated rings. The van der Waals surface area contributed by atoms with Crippen LogP contribution in [-0.2, 0) is 13.1 Å². The first-order valence-electron chi connectivity index (χ1n) is 9.85. The number of rotatable bonds is 5. The van der Waals surface area contributed by atoms with Crippen molar-refractivity contribution < 1.29 is 0 Å². The summed E-state index contributed by atoms with van der Waals surface area (Å²) in [6.45, 7) is 3.49. The molecule has 5 aromatic rings. The highest BCUT2D eigenvalue weighted by Gasteiger charge is 2.13. The first-order chi connectivity index (χ1) is 14.5. The van der Waals surface area contributed by atoms with E-state index in [0.29, 0.717) is 11.5 Å². The Bertz CT molecular complexity index is 1350. The molecule has 0 amide bonds. The van der Waals surface area contributed by atoms with E-state index < -0.39 is 0 Å². The Morgan fingerprint density at radius 2 is 1.63 bits per heavy atom. The van der Waals surface area contributed by atoms with Crippen LogP contribution in [0.15, 0.2) is 54.6 Å². The Kier molecular flexibility index (Phi) is 4.37. The number of hydrogen-bond donors (Lipinski definition) is 5. The maximum Gasteiger partial charge on any atom is 0.180 e. The van der Waals surface area contributed by atoms with Gasteiger partial charge in [0, 0.05) is 40.9 Å². The molecule has 0 saturated carbocycles. The van der Waals surface area contributed by atoms with E-state index in [0.717, 1.165) is 52.3 Å². The van der Waals surface area contributed by atoms with Gasteiger partial charge < -0.3 is 26.8 Å². The van der Waals surface area contributed by atoms with Gasteiger partial charge in [-0.3, -0.25) is 0 Å². The van der Waals surface area contributed by atoms with E-state index in [1.54, 1.807) is 0 Å². The topological polar surface area (TPSA) is 121 Å². The summed E-state index contributed by atoms with van der Waals surface area (Å²) in [6.07, 6.45) is 0. The molecule has 7 heteroatoms. The fraction of sp³-hybridized carbons (Fsp3) is 0.130. The first kappa shape index (κ1) is 18.2. The quantitative estimate of drug-likeness (QED) is 0.288. The van der Waals surface area contributed by atoms with Crippen LogP contribution in [0.4, 0.5) is 11.5 Å². The lowest BCUT2D eigenvalue weighted by Crippen LogP contribution is -2.12. The second-order valence-corrected chi connectivity index (χ2v) is 7.57. The normalized spacial score (nSPS) is 11.5. The molecule has 7 N–H and O–H groups in total. The van der Waals surface area contributed by atoms with E-state index in [2.05, 4.69) is 49.5 Å². The predicted molar refractivity (Wildman–Crippen MR) is 122 cm³/mol. The Morgan fingerprint density at radius 1 is 0.867 bits per heavy atom. The monoisotopic (exact) mass is 397 g/mol. The average Bonchev–Trinajstić information content (AvgIpc) is 3.31. The van der Waals surface area contributed by atoms with E-state index in [-0.39, 0.29) is 0 Å². The summed E-state index contributed by atoms with van der Waals surface area (Å²) in [5, 5.41) is 4.64. The van der Waals surface area contributed by atoms with E-state index >= 15 is 0 Å². The van der Waals surface area contributed by atoms with Crippen molar-refractivity contribution in [2.45, 2.75) is 20.0 Å². The minimum atomic E-state index is 0.454. The Labute approximate surface area is 173 Å². The number of hydrogen-bond acceptors (Lipinski definition) is 5. The van der Waals surface area contributed by atoms with E-state index in [1.165, 1.54) is 11.1 Å². The van der Waals surface area contributed by atoms with Crippen molar-refractivity contribution in [1.29, 1.82) is 0 Å². The SMILES string of the molecule is Cc1nc2nc(N)cc(-c3cc4cc(CNCc5ccc(N)cc5)ccc4[nH]3)c2[nH]1. The first-order valence-corrected chi connectivity index (χ1v) is 9.85. The smallest absolute Gasteiger partial charge is 0.180 e. The van der Waals surface area contributed by atoms with Crippen LogP contribution in [0.25, 0.3) is 33.3 Å². The van der Waals surface area contributed by atoms with Crippen molar-refractivity contribution in [1.82, 2.24) is 25.3 Å². The van der Waals surface area contributed by atoms with Crippen LogP contribution in [0.5, 0.6) is 0 Å². The van der Waals surface area contributed by atoms with Gasteiger partial charge in [-0.2, -0.15) is 0 Å². The lowest BCUT2D eigenvalue weighted by atomic mass is 10.1. The number of aromatic amines is 2. The number of benzene rings is 2. The minimum absolute atomic E-state index is 0.454. The van der Waals surface area contributed by atoms with Gasteiger partial charge >= 0.3 is 0 Å². The summed E-state index contributed by atoms with van der Waals surface area (Å²) in [6, 6.07) is 18.4. The molecule has 150 valence electrons. The van der Waals surface area contributed by atoms with Crippen LogP contribution in [0.3, 0.4) is 0 Å². The molecule has 0 atom stereocenters. The van der Waals surface area contributed by atoms with Gasteiger partial charge in [0.15, 0.2) is 5.65 Å². The second kappa shape index (κ2) is 7.20. The Morgan fingerprint density at radius 3 is 2.47 bits per heavy atom. The average molecular weight is 397 g/mol. The van der Waals surface area contributed by atoms with Crippen molar-refractivity contribution in [3.05, 3.63) is 71.5 Å². The van der Waals surface area contributed by atoms with Gasteiger partial charge in [0.25, 0.3) is 0 Å². The zero-order valence-corrected chi connectivity index (χ0v) is 16.7. The maximum atomic E-state index is 6.01. The fourth-order valence-electron chi connectivity index (χ4n) is 3.76. The van der Waals surface area contributed by atoms with Crippen LogP contribution >= 0.6 is 0 Å². The number of H-pyrrole nitrogens is 2. The summed E-state index contributed by atoms with van der Waals surface area (Å²) in [4.78, 5) is 15.5. The number of anilines is 2. The zero-order valence-electron chi connectivity index (χ0n) is 16.7. The molecule has 0 radical (unpaired) electrons. The molecule has 30 heavy (non-hydrogen) atoms. The molecule has 3 aromatic heterocycles. The number of nitrogens with zero attached hydrogens (tertiary/aromatic N) is 2. The summed E-state index contributed by atoms with van der Waals surface area (Å²) < 4.78 is 0. The highest BCUT2D eigenvalue weighted by Crippen LogP contribution is 2.30. The summed E-state index contributed by atoms with van der Waals surface area (Å²) >= 11 is 0. The predicted octanol–water partition coefficient (Wildman–Crippen LogP) is 3.87. The molecule has 0 bridgehead atoms. The van der Waals surface area contributed by atoms with E-state index in [9.17, 15) is 0 Å². The standard InChI is InChI=1S/C23H23N7/c1-13-27-22-18(10-21(25)30-23(22)28-13)20-9-16-8-15(4-7-19(16)29-20)12-26-11-14-2-5-17(24)6-3-14/h2-10,26,29H,11-12,24H2,1H3,(H3,25,27,28,30). The molecule has 3 heterocycles. The molecule has 0 aliphatic heterocycles. The molecule has 0 aliphatic rings. The molecular formula is C23H23N7. The van der Waals surface area contributed by atoms with Crippen molar-refractivity contribution in [3.63, 3.8) is 0 Å². The Balaban J connectivity index is 1.40. The van der Waals surface area contributed by atoms with Crippen LogP contribution in [-0.4, -0.2) is 19.9 Å². The fourth-order valence-corrected chi connectivity index (χ4v) is 3.76. The van der Waals surface area contributed by atoms with Gasteiger partial charge in [-0.05, 0) is 54.4 Å². The minimum Gasteiger partial charge on any atom is -0.399 e. The third-order valence-electron chi connectivity index (χ3n) is 5.21. The molecule has 0 spiro atoms. The molecular weight excluding hydrogens is 374 g/mol. The maximum absolute atomic E-state index is 6.01. The van der Waals surface area contributed by atoms with Gasteiger partial charge in [-0.1, -0.05) is 18.2 Å². The van der Waals surface area contributed by atoms with Gasteiger partial charge in [0.05, 0.1) is 5.52 Å². The molecule has 7 nitrogen and oxygen atoms in total. The third kappa shape index (κ3) is 3.46. The highest BCUT2D eigenvalue weighted by atomic mass is 15.0. The highest BCUT2D eigenvalue weighted by molar-refractivity contribution is 5.95. The zero-order chi connectivity index (χ0) is 20.7. The molecule has 5 rings (SSSR count). The van der Waals surface area contributed by atoms with Gasteiger partial charge in [-0.15, -0.1) is 0 Å².